The van der Waals surface area contributed by atoms with Crippen LogP contribution in [0.15, 0.2) is 133 Å². The van der Waals surface area contributed by atoms with Gasteiger partial charge >= 0.3 is 0 Å². The molecule has 1 nitrogen and oxygen atoms in total. The Morgan fingerprint density at radius 3 is 1.87 bits per heavy atom. The topological polar surface area (TPSA) is 3.24 Å². The van der Waals surface area contributed by atoms with E-state index in [2.05, 4.69) is 200 Å². The maximum atomic E-state index is 2.43. The number of anilines is 3. The first kappa shape index (κ1) is 32.5. The lowest BCUT2D eigenvalue weighted by atomic mass is 9.75. The van der Waals surface area contributed by atoms with E-state index in [1.807, 2.05) is 0 Å². The molecular formula is C51H47N. The summed E-state index contributed by atoms with van der Waals surface area (Å²) in [6.45, 7) is 18.9. The van der Waals surface area contributed by atoms with E-state index in [0.717, 1.165) is 5.69 Å². The summed E-state index contributed by atoms with van der Waals surface area (Å²) in [5.74, 6) is 0. The Labute approximate surface area is 309 Å². The monoisotopic (exact) mass is 673 g/mol. The van der Waals surface area contributed by atoms with Crippen molar-refractivity contribution >= 4 is 56.7 Å². The molecular weight excluding hydrogens is 627 g/mol. The average molecular weight is 674 g/mol. The van der Waals surface area contributed by atoms with Crippen molar-refractivity contribution in [3.05, 3.63) is 177 Å². The predicted molar refractivity (Wildman–Crippen MR) is 225 cm³/mol. The van der Waals surface area contributed by atoms with Crippen molar-refractivity contribution in [2.24, 2.45) is 0 Å². The molecule has 0 aromatic heterocycles. The van der Waals surface area contributed by atoms with Crippen LogP contribution in [0.5, 0.6) is 0 Å². The molecule has 0 heterocycles. The molecule has 0 bridgehead atoms. The summed E-state index contributed by atoms with van der Waals surface area (Å²) >= 11 is 0. The van der Waals surface area contributed by atoms with Crippen molar-refractivity contribution in [3.63, 3.8) is 0 Å². The molecule has 256 valence electrons. The van der Waals surface area contributed by atoms with Crippen molar-refractivity contribution < 1.29 is 0 Å². The molecule has 3 aliphatic carbocycles. The number of hydrogen-bond donors (Lipinski definition) is 0. The Morgan fingerprint density at radius 1 is 0.462 bits per heavy atom. The quantitative estimate of drug-likeness (QED) is 0.165. The van der Waals surface area contributed by atoms with E-state index >= 15 is 0 Å². The minimum absolute atomic E-state index is 0.00897. The molecule has 9 rings (SSSR count). The van der Waals surface area contributed by atoms with Crippen LogP contribution in [-0.2, 0) is 16.2 Å². The van der Waals surface area contributed by atoms with E-state index in [4.69, 9.17) is 0 Å². The predicted octanol–water partition coefficient (Wildman–Crippen LogP) is 14.1. The molecule has 3 aliphatic rings. The zero-order valence-electron chi connectivity index (χ0n) is 31.7. The summed E-state index contributed by atoms with van der Waals surface area (Å²) < 4.78 is 0. The standard InChI is InChI=1S/C51H47N/c1-32-33(2)49(3,4)44-28-26-37(31-42(32)44)52(36-16-10-9-11-17-36)46-29-25-35(38-18-12-13-19-39(38)46)24-22-34-23-27-41-45(30-34)51(7,8)47-40-20-14-15-21-43(40)50(5,6)48(41)47/h9-31H,1-8H3/b24-22+. The van der Waals surface area contributed by atoms with Gasteiger partial charge in [0, 0.05) is 33.0 Å². The lowest BCUT2D eigenvalue weighted by Crippen LogP contribution is -2.19. The Morgan fingerprint density at radius 2 is 1.10 bits per heavy atom. The maximum Gasteiger partial charge on any atom is 0.0540 e. The molecule has 6 aromatic rings. The van der Waals surface area contributed by atoms with Crippen molar-refractivity contribution in [2.75, 3.05) is 4.90 Å². The highest BCUT2D eigenvalue weighted by molar-refractivity contribution is 6.10. The molecule has 0 amide bonds. The van der Waals surface area contributed by atoms with Gasteiger partial charge in [0.2, 0.25) is 0 Å². The van der Waals surface area contributed by atoms with Gasteiger partial charge in [-0.25, -0.2) is 0 Å². The molecule has 0 spiro atoms. The van der Waals surface area contributed by atoms with E-state index in [1.54, 1.807) is 0 Å². The Balaban J connectivity index is 1.11. The Bertz CT molecular complexity index is 2550. The van der Waals surface area contributed by atoms with Crippen LogP contribution in [0.4, 0.5) is 17.1 Å². The molecule has 6 aromatic carbocycles. The molecule has 0 radical (unpaired) electrons. The molecule has 0 N–H and O–H groups in total. The van der Waals surface area contributed by atoms with Crippen molar-refractivity contribution in [1.82, 2.24) is 0 Å². The van der Waals surface area contributed by atoms with Crippen molar-refractivity contribution in [2.45, 2.75) is 71.6 Å². The van der Waals surface area contributed by atoms with Crippen LogP contribution in [-0.4, -0.2) is 0 Å². The summed E-state index contributed by atoms with van der Waals surface area (Å²) in [5.41, 5.74) is 20.3. The zero-order chi connectivity index (χ0) is 36.2. The Kier molecular flexibility index (Phi) is 7.06. The van der Waals surface area contributed by atoms with Gasteiger partial charge in [-0.15, -0.1) is 0 Å². The van der Waals surface area contributed by atoms with Gasteiger partial charge in [-0.3, -0.25) is 0 Å². The van der Waals surface area contributed by atoms with E-state index in [-0.39, 0.29) is 16.2 Å². The maximum absolute atomic E-state index is 2.43. The molecule has 0 fully saturated rings. The fourth-order valence-electron chi connectivity index (χ4n) is 9.72. The second kappa shape index (κ2) is 11.3. The van der Waals surface area contributed by atoms with Gasteiger partial charge < -0.3 is 4.90 Å². The van der Waals surface area contributed by atoms with E-state index in [0.29, 0.717) is 0 Å². The molecule has 0 unspecified atom stereocenters. The van der Waals surface area contributed by atoms with E-state index in [9.17, 15) is 0 Å². The highest BCUT2D eigenvalue weighted by atomic mass is 15.1. The largest absolute Gasteiger partial charge is 0.310 e. The molecule has 0 atom stereocenters. The highest BCUT2D eigenvalue weighted by Gasteiger charge is 2.49. The van der Waals surface area contributed by atoms with Crippen LogP contribution >= 0.6 is 0 Å². The summed E-state index contributed by atoms with van der Waals surface area (Å²) in [6, 6.07) is 47.5. The minimum Gasteiger partial charge on any atom is -0.310 e. The molecule has 1 heteroatoms. The average Bonchev–Trinajstić information content (AvgIpc) is 3.62. The van der Waals surface area contributed by atoms with Crippen molar-refractivity contribution in [3.8, 4) is 0 Å². The third-order valence-electron chi connectivity index (χ3n) is 12.8. The summed E-state index contributed by atoms with van der Waals surface area (Å²) in [6.07, 6.45) is 4.60. The normalized spacial score (nSPS) is 17.5. The Hall–Kier alpha value is -5.40. The molecule has 0 aliphatic heterocycles. The number of benzene rings is 6. The molecule has 0 saturated heterocycles. The smallest absolute Gasteiger partial charge is 0.0540 e. The van der Waals surface area contributed by atoms with Gasteiger partial charge in [-0.2, -0.15) is 0 Å². The lowest BCUT2D eigenvalue weighted by molar-refractivity contribution is 0.639. The van der Waals surface area contributed by atoms with Gasteiger partial charge in [0.15, 0.2) is 0 Å². The molecule has 0 saturated carbocycles. The van der Waals surface area contributed by atoms with Gasteiger partial charge in [-0.05, 0) is 111 Å². The fraction of sp³-hybridized carbons (Fsp3) is 0.216. The van der Waals surface area contributed by atoms with E-state index in [1.165, 1.54) is 88.9 Å². The first-order valence-corrected chi connectivity index (χ1v) is 18.8. The number of allylic oxidation sites excluding steroid dienone is 4. The van der Waals surface area contributed by atoms with Crippen LogP contribution in [0, 0.1) is 0 Å². The number of nitrogens with zero attached hydrogens (tertiary/aromatic N) is 1. The summed E-state index contributed by atoms with van der Waals surface area (Å²) in [5, 5.41) is 2.47. The summed E-state index contributed by atoms with van der Waals surface area (Å²) in [4.78, 5) is 2.43. The van der Waals surface area contributed by atoms with Gasteiger partial charge in [0.1, 0.15) is 0 Å². The SMILES string of the molecule is CC1=C(C)C(C)(C)c2ccc(N(c3ccccc3)c3ccc(/C=C/c4ccc5c(c4)C(C)(C)C4=C5C(C)(C)c5ccccc54)c4ccccc34)cc21. The van der Waals surface area contributed by atoms with Crippen LogP contribution in [0.1, 0.15) is 99.9 Å². The van der Waals surface area contributed by atoms with Gasteiger partial charge in [-0.1, -0.05) is 156 Å². The third-order valence-corrected chi connectivity index (χ3v) is 12.8. The van der Waals surface area contributed by atoms with Gasteiger partial charge in [0.25, 0.3) is 0 Å². The van der Waals surface area contributed by atoms with Crippen LogP contribution in [0.2, 0.25) is 0 Å². The number of rotatable bonds is 5. The lowest BCUT2D eigenvalue weighted by Gasteiger charge is -2.29. The second-order valence-corrected chi connectivity index (χ2v) is 16.7. The van der Waals surface area contributed by atoms with Gasteiger partial charge in [0.05, 0.1) is 5.69 Å². The minimum atomic E-state index is -0.0615. The van der Waals surface area contributed by atoms with Crippen LogP contribution < -0.4 is 4.90 Å². The highest BCUT2D eigenvalue weighted by Crippen LogP contribution is 2.62. The number of hydrogen-bond acceptors (Lipinski definition) is 1. The van der Waals surface area contributed by atoms with Crippen LogP contribution in [0.3, 0.4) is 0 Å². The first-order chi connectivity index (χ1) is 24.9. The van der Waals surface area contributed by atoms with Crippen LogP contribution in [0.25, 0.3) is 39.6 Å². The molecule has 52 heavy (non-hydrogen) atoms. The number of para-hydroxylation sites is 1. The first-order valence-electron chi connectivity index (χ1n) is 18.8. The summed E-state index contributed by atoms with van der Waals surface area (Å²) in [7, 11) is 0. The zero-order valence-corrected chi connectivity index (χ0v) is 31.7. The van der Waals surface area contributed by atoms with E-state index < -0.39 is 0 Å². The second-order valence-electron chi connectivity index (χ2n) is 16.7. The fourth-order valence-corrected chi connectivity index (χ4v) is 9.72. The number of fused-ring (bicyclic) bond motifs is 6. The van der Waals surface area contributed by atoms with Crippen molar-refractivity contribution in [1.29, 1.82) is 0 Å². The third kappa shape index (κ3) is 4.54.